The van der Waals surface area contributed by atoms with Crippen molar-refractivity contribution < 1.29 is 14.6 Å². The van der Waals surface area contributed by atoms with Crippen LogP contribution in [0.4, 0.5) is 5.69 Å². The smallest absolute Gasteiger partial charge is 0.119 e. The van der Waals surface area contributed by atoms with Crippen molar-refractivity contribution in [1.82, 2.24) is 0 Å². The van der Waals surface area contributed by atoms with Crippen molar-refractivity contribution in [2.24, 2.45) is 0 Å². The van der Waals surface area contributed by atoms with Gasteiger partial charge in [0.1, 0.15) is 5.75 Å². The molecule has 118 valence electrons. The molecule has 1 aliphatic carbocycles. The normalized spacial score (nSPS) is 17.1. The van der Waals surface area contributed by atoms with Gasteiger partial charge in [0.2, 0.25) is 0 Å². The average molecular weight is 293 g/mol. The van der Waals surface area contributed by atoms with Gasteiger partial charge in [-0.1, -0.05) is 12.8 Å². The molecule has 4 heteroatoms. The summed E-state index contributed by atoms with van der Waals surface area (Å²) in [6.07, 6.45) is 4.84. The van der Waals surface area contributed by atoms with Gasteiger partial charge < -0.3 is 19.9 Å². The Labute approximate surface area is 127 Å². The highest BCUT2D eigenvalue weighted by Gasteiger charge is 2.16. The quantitative estimate of drug-likeness (QED) is 0.773. The van der Waals surface area contributed by atoms with Crippen LogP contribution in [-0.4, -0.2) is 36.6 Å². The number of nitrogens with one attached hydrogen (secondary N) is 1. The summed E-state index contributed by atoms with van der Waals surface area (Å²) in [5.41, 5.74) is 0.978. The molecule has 0 heterocycles. The minimum absolute atomic E-state index is 0.179. The van der Waals surface area contributed by atoms with Gasteiger partial charge in [-0.15, -0.1) is 0 Å². The third-order valence-corrected chi connectivity index (χ3v) is 3.59. The predicted molar refractivity (Wildman–Crippen MR) is 84.9 cm³/mol. The topological polar surface area (TPSA) is 50.7 Å². The van der Waals surface area contributed by atoms with Gasteiger partial charge in [0, 0.05) is 12.2 Å². The van der Waals surface area contributed by atoms with Crippen LogP contribution in [0.3, 0.4) is 0 Å². The van der Waals surface area contributed by atoms with Crippen LogP contribution in [0.15, 0.2) is 24.3 Å². The van der Waals surface area contributed by atoms with Gasteiger partial charge in [-0.3, -0.25) is 0 Å². The molecule has 0 radical (unpaired) electrons. The molecule has 1 aromatic rings. The highest BCUT2D eigenvalue weighted by atomic mass is 16.5. The van der Waals surface area contributed by atoms with E-state index in [1.54, 1.807) is 0 Å². The zero-order chi connectivity index (χ0) is 15.1. The average Bonchev–Trinajstić information content (AvgIpc) is 2.97. The van der Waals surface area contributed by atoms with Gasteiger partial charge in [-0.2, -0.15) is 0 Å². The van der Waals surface area contributed by atoms with Crippen LogP contribution in [0.5, 0.6) is 5.75 Å². The van der Waals surface area contributed by atoms with Gasteiger partial charge in [0.15, 0.2) is 0 Å². The molecule has 0 bridgehead atoms. The first kappa shape index (κ1) is 16.1. The summed E-state index contributed by atoms with van der Waals surface area (Å²) in [5.74, 6) is 0.862. The summed E-state index contributed by atoms with van der Waals surface area (Å²) in [7, 11) is 0. The first-order chi connectivity index (χ1) is 10.1. The molecule has 2 N–H and O–H groups in total. The van der Waals surface area contributed by atoms with Crippen LogP contribution in [0, 0.1) is 0 Å². The number of benzene rings is 1. The van der Waals surface area contributed by atoms with Gasteiger partial charge in [0.25, 0.3) is 0 Å². The van der Waals surface area contributed by atoms with E-state index in [-0.39, 0.29) is 6.10 Å². The molecule has 1 aromatic carbocycles. The van der Waals surface area contributed by atoms with Gasteiger partial charge in [0.05, 0.1) is 24.9 Å². The summed E-state index contributed by atoms with van der Waals surface area (Å²) in [5, 5.41) is 13.1. The molecule has 1 atom stereocenters. The van der Waals surface area contributed by atoms with E-state index in [1.165, 1.54) is 12.8 Å². The molecule has 0 spiro atoms. The number of rotatable bonds is 8. The molecule has 1 unspecified atom stereocenters. The molecule has 4 nitrogen and oxygen atoms in total. The molecular weight excluding hydrogens is 266 g/mol. The van der Waals surface area contributed by atoms with Crippen LogP contribution in [0.1, 0.15) is 39.5 Å². The number of ether oxygens (including phenoxy) is 2. The third kappa shape index (κ3) is 5.94. The number of anilines is 1. The fraction of sp³-hybridized carbons (Fsp3) is 0.647. The van der Waals surface area contributed by atoms with Crippen molar-refractivity contribution in [2.75, 3.05) is 18.5 Å². The number of hydrogen-bond donors (Lipinski definition) is 2. The van der Waals surface area contributed by atoms with Crippen LogP contribution >= 0.6 is 0 Å². The Morgan fingerprint density at radius 3 is 2.48 bits per heavy atom. The molecule has 1 aliphatic rings. The van der Waals surface area contributed by atoms with Crippen molar-refractivity contribution in [3.8, 4) is 5.75 Å². The zero-order valence-electron chi connectivity index (χ0n) is 13.0. The van der Waals surface area contributed by atoms with Crippen LogP contribution < -0.4 is 10.1 Å². The maximum atomic E-state index is 9.93. The largest absolute Gasteiger partial charge is 0.491 e. The Kier molecular flexibility index (Phi) is 6.33. The second-order valence-electron chi connectivity index (χ2n) is 5.97. The Hall–Kier alpha value is -1.26. The molecular formula is C17H27NO3. The summed E-state index contributed by atoms with van der Waals surface area (Å²) in [4.78, 5) is 0. The first-order valence-electron chi connectivity index (χ1n) is 7.94. The lowest BCUT2D eigenvalue weighted by molar-refractivity contribution is -0.00117. The Balaban J connectivity index is 1.66. The van der Waals surface area contributed by atoms with Gasteiger partial charge in [-0.05, 0) is 51.0 Å². The summed E-state index contributed by atoms with van der Waals surface area (Å²) in [6, 6.07) is 7.79. The molecule has 1 fully saturated rings. The lowest BCUT2D eigenvalue weighted by Gasteiger charge is -2.17. The second-order valence-corrected chi connectivity index (χ2v) is 5.97. The van der Waals surface area contributed by atoms with E-state index in [9.17, 15) is 5.11 Å². The Morgan fingerprint density at radius 2 is 1.86 bits per heavy atom. The molecule has 0 saturated heterocycles. The molecule has 0 aromatic heterocycles. The maximum absolute atomic E-state index is 9.93. The van der Waals surface area contributed by atoms with Gasteiger partial charge in [-0.25, -0.2) is 0 Å². The van der Waals surface area contributed by atoms with E-state index in [0.29, 0.717) is 19.3 Å². The van der Waals surface area contributed by atoms with Crippen molar-refractivity contribution in [2.45, 2.75) is 57.8 Å². The zero-order valence-corrected chi connectivity index (χ0v) is 13.0. The predicted octanol–water partition coefficient (Wildman–Crippen LogP) is 3.21. The van der Waals surface area contributed by atoms with E-state index in [2.05, 4.69) is 5.32 Å². The molecule has 21 heavy (non-hydrogen) atoms. The first-order valence-corrected chi connectivity index (χ1v) is 7.94. The maximum Gasteiger partial charge on any atom is 0.119 e. The van der Waals surface area contributed by atoms with E-state index in [0.717, 1.165) is 24.3 Å². The van der Waals surface area contributed by atoms with Crippen LogP contribution in [-0.2, 0) is 4.74 Å². The summed E-state index contributed by atoms with van der Waals surface area (Å²) < 4.78 is 11.3. The minimum atomic E-state index is -0.475. The number of hydrogen-bond acceptors (Lipinski definition) is 4. The van der Waals surface area contributed by atoms with E-state index in [4.69, 9.17) is 9.47 Å². The minimum Gasteiger partial charge on any atom is -0.491 e. The van der Waals surface area contributed by atoms with Gasteiger partial charge >= 0.3 is 0 Å². The standard InChI is InChI=1S/C17H27NO3/c1-13(2)21-17-9-7-14(8-10-17)18-11-15(19)12-20-16-5-3-4-6-16/h7-10,13,15-16,18-19H,3-6,11-12H2,1-2H3. The van der Waals surface area contributed by atoms with Crippen molar-refractivity contribution in [3.63, 3.8) is 0 Å². The monoisotopic (exact) mass is 293 g/mol. The SMILES string of the molecule is CC(C)Oc1ccc(NCC(O)COC2CCCC2)cc1. The fourth-order valence-corrected chi connectivity index (χ4v) is 2.52. The summed E-state index contributed by atoms with van der Waals surface area (Å²) >= 11 is 0. The Bertz CT molecular complexity index is 399. The molecule has 0 amide bonds. The van der Waals surface area contributed by atoms with E-state index in [1.807, 2.05) is 38.1 Å². The number of aliphatic hydroxyl groups is 1. The molecule has 0 aliphatic heterocycles. The lowest BCUT2D eigenvalue weighted by Crippen LogP contribution is -2.27. The fourth-order valence-electron chi connectivity index (χ4n) is 2.52. The number of aliphatic hydroxyl groups excluding tert-OH is 1. The second kappa shape index (κ2) is 8.25. The lowest BCUT2D eigenvalue weighted by atomic mass is 10.2. The molecule has 2 rings (SSSR count). The van der Waals surface area contributed by atoms with Crippen molar-refractivity contribution >= 4 is 5.69 Å². The van der Waals surface area contributed by atoms with Crippen LogP contribution in [0.2, 0.25) is 0 Å². The summed E-state index contributed by atoms with van der Waals surface area (Å²) in [6.45, 7) is 4.92. The highest BCUT2D eigenvalue weighted by molar-refractivity contribution is 5.46. The van der Waals surface area contributed by atoms with Crippen LogP contribution in [0.25, 0.3) is 0 Å². The van der Waals surface area contributed by atoms with E-state index < -0.39 is 6.10 Å². The van der Waals surface area contributed by atoms with Crippen molar-refractivity contribution in [3.05, 3.63) is 24.3 Å². The third-order valence-electron chi connectivity index (χ3n) is 3.59. The molecule has 1 saturated carbocycles. The Morgan fingerprint density at radius 1 is 1.19 bits per heavy atom. The van der Waals surface area contributed by atoms with Crippen molar-refractivity contribution in [1.29, 1.82) is 0 Å². The van der Waals surface area contributed by atoms with E-state index >= 15 is 0 Å². The highest BCUT2D eigenvalue weighted by Crippen LogP contribution is 2.21.